The molecule has 144 valence electrons. The number of nitrogens with zero attached hydrogens (tertiary/aromatic N) is 2. The lowest BCUT2D eigenvalue weighted by atomic mass is 10.1. The van der Waals surface area contributed by atoms with Gasteiger partial charge in [0, 0.05) is 18.8 Å². The van der Waals surface area contributed by atoms with Crippen LogP contribution in [0.2, 0.25) is 0 Å². The van der Waals surface area contributed by atoms with E-state index in [-0.39, 0.29) is 11.9 Å². The van der Waals surface area contributed by atoms with E-state index in [2.05, 4.69) is 16.4 Å². The molecule has 3 rings (SSSR count). The van der Waals surface area contributed by atoms with E-state index in [9.17, 15) is 9.50 Å². The molecule has 2 aromatic carbocycles. The lowest BCUT2D eigenvalue weighted by molar-refractivity contribution is 0.145. The van der Waals surface area contributed by atoms with Gasteiger partial charge < -0.3 is 21.1 Å². The summed E-state index contributed by atoms with van der Waals surface area (Å²) in [6.07, 6.45) is 1.07. The summed E-state index contributed by atoms with van der Waals surface area (Å²) in [7, 11) is 0. The van der Waals surface area contributed by atoms with Crippen molar-refractivity contribution in [2.75, 3.05) is 23.3 Å². The highest BCUT2D eigenvalue weighted by atomic mass is 19.1. The zero-order chi connectivity index (χ0) is 19.4. The summed E-state index contributed by atoms with van der Waals surface area (Å²) >= 11 is 0. The number of halogens is 1. The van der Waals surface area contributed by atoms with E-state index in [0.717, 1.165) is 22.4 Å². The first-order valence-electron chi connectivity index (χ1n) is 9.27. The maximum absolute atomic E-state index is 14.5. The average Bonchev–Trinajstić information content (AvgIpc) is 2.60. The number of hydrogen-bond donors (Lipinski definition) is 3. The van der Waals surface area contributed by atoms with Gasteiger partial charge in [-0.1, -0.05) is 12.1 Å². The van der Waals surface area contributed by atoms with Crippen LogP contribution in [0.3, 0.4) is 0 Å². The number of aliphatic hydroxyl groups is 1. The second kappa shape index (κ2) is 8.39. The van der Waals surface area contributed by atoms with Gasteiger partial charge >= 0.3 is 0 Å². The molecule has 6 heteroatoms. The molecule has 1 fully saturated rings. The second-order valence-corrected chi connectivity index (χ2v) is 7.21. The lowest BCUT2D eigenvalue weighted by Gasteiger charge is -2.31. The molecule has 0 radical (unpaired) electrons. The minimum Gasteiger partial charge on any atom is -0.393 e. The third-order valence-corrected chi connectivity index (χ3v) is 4.74. The molecule has 5 nitrogen and oxygen atoms in total. The molecule has 0 spiro atoms. The van der Waals surface area contributed by atoms with Crippen molar-refractivity contribution < 1.29 is 9.50 Å². The van der Waals surface area contributed by atoms with E-state index >= 15 is 0 Å². The standard InChI is InChI=1S/C21H27FN4O/c1-14-9-15(2)11-17(10-14)25-21(23)24-13-16-3-4-20(19(22)12-16)26-7-5-18(27)6-8-26/h3-4,9-12,18,27H,5-8,13H2,1-2H3,(H3,23,24,25). The summed E-state index contributed by atoms with van der Waals surface area (Å²) in [6.45, 7) is 5.70. The second-order valence-electron chi connectivity index (χ2n) is 7.21. The predicted molar refractivity (Wildman–Crippen MR) is 109 cm³/mol. The minimum atomic E-state index is -0.273. The van der Waals surface area contributed by atoms with Crippen LogP contribution in [-0.4, -0.2) is 30.3 Å². The van der Waals surface area contributed by atoms with Gasteiger partial charge in [-0.05, 0) is 67.6 Å². The molecule has 27 heavy (non-hydrogen) atoms. The fourth-order valence-corrected chi connectivity index (χ4v) is 3.42. The lowest BCUT2D eigenvalue weighted by Crippen LogP contribution is -2.36. The van der Waals surface area contributed by atoms with Crippen molar-refractivity contribution in [1.82, 2.24) is 0 Å². The SMILES string of the molecule is Cc1cc(C)cc(NC(N)=NCc2ccc(N3CCC(O)CC3)c(F)c2)c1. The Morgan fingerprint density at radius 2 is 1.85 bits per heavy atom. The Balaban J connectivity index is 1.63. The minimum absolute atomic E-state index is 0.264. The summed E-state index contributed by atoms with van der Waals surface area (Å²) < 4.78 is 14.5. The molecule has 0 atom stereocenters. The van der Waals surface area contributed by atoms with Crippen molar-refractivity contribution in [2.24, 2.45) is 10.7 Å². The van der Waals surface area contributed by atoms with E-state index in [1.807, 2.05) is 36.9 Å². The zero-order valence-electron chi connectivity index (χ0n) is 15.9. The number of piperidine rings is 1. The number of aliphatic hydroxyl groups excluding tert-OH is 1. The van der Waals surface area contributed by atoms with Gasteiger partial charge in [-0.25, -0.2) is 9.38 Å². The molecule has 0 aromatic heterocycles. The topological polar surface area (TPSA) is 73.9 Å². The number of aryl methyl sites for hydroxylation is 2. The Bertz CT molecular complexity index is 809. The number of guanidine groups is 1. The van der Waals surface area contributed by atoms with Crippen molar-refractivity contribution in [1.29, 1.82) is 0 Å². The van der Waals surface area contributed by atoms with Crippen LogP contribution in [0, 0.1) is 19.7 Å². The van der Waals surface area contributed by atoms with E-state index in [1.54, 1.807) is 6.07 Å². The first-order valence-corrected chi connectivity index (χ1v) is 9.27. The van der Waals surface area contributed by atoms with Crippen LogP contribution in [-0.2, 0) is 6.54 Å². The summed E-state index contributed by atoms with van der Waals surface area (Å²) in [5.74, 6) is 0.0365. The average molecular weight is 370 g/mol. The first kappa shape index (κ1) is 19.2. The van der Waals surface area contributed by atoms with Crippen molar-refractivity contribution in [3.05, 3.63) is 58.9 Å². The number of nitrogens with one attached hydrogen (secondary N) is 1. The Kier molecular flexibility index (Phi) is 5.96. The molecule has 2 aromatic rings. The number of rotatable bonds is 4. The Hall–Kier alpha value is -2.60. The van der Waals surface area contributed by atoms with Crippen LogP contribution >= 0.6 is 0 Å². The van der Waals surface area contributed by atoms with Crippen molar-refractivity contribution in [3.8, 4) is 0 Å². The quantitative estimate of drug-likeness (QED) is 0.570. The van der Waals surface area contributed by atoms with Crippen molar-refractivity contribution >= 4 is 17.3 Å². The molecule has 1 aliphatic heterocycles. The maximum atomic E-state index is 14.5. The van der Waals surface area contributed by atoms with Crippen molar-refractivity contribution in [2.45, 2.75) is 39.3 Å². The summed E-state index contributed by atoms with van der Waals surface area (Å²) in [5, 5.41) is 12.7. The molecule has 1 heterocycles. The maximum Gasteiger partial charge on any atom is 0.193 e. The van der Waals surface area contributed by atoms with Gasteiger partial charge in [0.05, 0.1) is 18.3 Å². The fourth-order valence-electron chi connectivity index (χ4n) is 3.42. The molecule has 1 saturated heterocycles. The first-order chi connectivity index (χ1) is 12.9. The van der Waals surface area contributed by atoms with E-state index in [1.165, 1.54) is 6.07 Å². The Labute approximate surface area is 159 Å². The highest BCUT2D eigenvalue weighted by molar-refractivity contribution is 5.92. The number of hydrogen-bond acceptors (Lipinski definition) is 3. The summed E-state index contributed by atoms with van der Waals surface area (Å²) in [5.41, 5.74) is 10.5. The highest BCUT2D eigenvalue weighted by Crippen LogP contribution is 2.24. The molecule has 1 aliphatic rings. The van der Waals surface area contributed by atoms with Crippen LogP contribution < -0.4 is 16.0 Å². The van der Waals surface area contributed by atoms with Crippen LogP contribution in [0.5, 0.6) is 0 Å². The summed E-state index contributed by atoms with van der Waals surface area (Å²) in [6, 6.07) is 11.3. The van der Waals surface area contributed by atoms with E-state index < -0.39 is 0 Å². The molecule has 0 unspecified atom stereocenters. The molecule has 4 N–H and O–H groups in total. The Morgan fingerprint density at radius 1 is 1.19 bits per heavy atom. The third-order valence-electron chi connectivity index (χ3n) is 4.74. The summed E-state index contributed by atoms with van der Waals surface area (Å²) in [4.78, 5) is 6.29. The van der Waals surface area contributed by atoms with Gasteiger partial charge in [-0.3, -0.25) is 0 Å². The van der Waals surface area contributed by atoms with Crippen LogP contribution in [0.1, 0.15) is 29.5 Å². The number of nitrogens with two attached hydrogens (primary N) is 1. The van der Waals surface area contributed by atoms with Gasteiger partial charge in [-0.15, -0.1) is 0 Å². The molecule has 0 amide bonds. The van der Waals surface area contributed by atoms with Gasteiger partial charge in [0.15, 0.2) is 5.96 Å². The zero-order valence-corrected chi connectivity index (χ0v) is 15.9. The van der Waals surface area contributed by atoms with Gasteiger partial charge in [-0.2, -0.15) is 0 Å². The highest BCUT2D eigenvalue weighted by Gasteiger charge is 2.19. The number of benzene rings is 2. The van der Waals surface area contributed by atoms with Crippen LogP contribution in [0.4, 0.5) is 15.8 Å². The number of anilines is 2. The largest absolute Gasteiger partial charge is 0.393 e. The number of aliphatic imine (C=N–C) groups is 1. The van der Waals surface area contributed by atoms with Gasteiger partial charge in [0.25, 0.3) is 0 Å². The van der Waals surface area contributed by atoms with Crippen molar-refractivity contribution in [3.63, 3.8) is 0 Å². The third kappa shape index (κ3) is 5.20. The molecule has 0 aliphatic carbocycles. The molecular weight excluding hydrogens is 343 g/mol. The smallest absolute Gasteiger partial charge is 0.193 e. The Morgan fingerprint density at radius 3 is 2.48 bits per heavy atom. The van der Waals surface area contributed by atoms with Gasteiger partial charge in [0.2, 0.25) is 0 Å². The van der Waals surface area contributed by atoms with E-state index in [0.29, 0.717) is 44.1 Å². The van der Waals surface area contributed by atoms with Crippen LogP contribution in [0.15, 0.2) is 41.4 Å². The predicted octanol–water partition coefficient (Wildman–Crippen LogP) is 3.33. The monoisotopic (exact) mass is 370 g/mol. The molecule has 0 bridgehead atoms. The normalized spacial score (nSPS) is 15.9. The van der Waals surface area contributed by atoms with E-state index in [4.69, 9.17) is 5.73 Å². The molecule has 0 saturated carbocycles. The van der Waals surface area contributed by atoms with Gasteiger partial charge in [0.1, 0.15) is 5.82 Å². The van der Waals surface area contributed by atoms with Crippen LogP contribution in [0.25, 0.3) is 0 Å². The fraction of sp³-hybridized carbons (Fsp3) is 0.381. The molecular formula is C21H27FN4O.